The van der Waals surface area contributed by atoms with Crippen molar-refractivity contribution in [2.24, 2.45) is 11.8 Å². The van der Waals surface area contributed by atoms with Crippen molar-refractivity contribution in [1.82, 2.24) is 9.55 Å². The van der Waals surface area contributed by atoms with Gasteiger partial charge < -0.3 is 20.3 Å². The summed E-state index contributed by atoms with van der Waals surface area (Å²) in [6.45, 7) is 6.57. The predicted molar refractivity (Wildman–Crippen MR) is 147 cm³/mol. The fourth-order valence-corrected chi connectivity index (χ4v) is 4.70. The molecule has 2 amide bonds. The monoisotopic (exact) mass is 519 g/mol. The number of carbonyl (C=O) groups is 2. The van der Waals surface area contributed by atoms with Crippen LogP contribution in [0.1, 0.15) is 32.8 Å². The van der Waals surface area contributed by atoms with E-state index in [-0.39, 0.29) is 49.4 Å². The van der Waals surface area contributed by atoms with Crippen LogP contribution in [0.2, 0.25) is 0 Å². The zero-order chi connectivity index (χ0) is 27.4. The molecule has 10 nitrogen and oxygen atoms in total. The number of nitrogens with zero attached hydrogens (tertiary/aromatic N) is 3. The first-order valence-corrected chi connectivity index (χ1v) is 12.7. The molecule has 1 aliphatic heterocycles. The summed E-state index contributed by atoms with van der Waals surface area (Å²) in [4.78, 5) is 57.8. The van der Waals surface area contributed by atoms with E-state index in [2.05, 4.69) is 4.98 Å². The number of amides is 2. The normalized spacial score (nSPS) is 15.2. The number of para-hydroxylation sites is 2. The average Bonchev–Trinajstić information content (AvgIpc) is 3.27. The van der Waals surface area contributed by atoms with Crippen molar-refractivity contribution in [1.29, 1.82) is 0 Å². The van der Waals surface area contributed by atoms with Crippen LogP contribution >= 0.6 is 0 Å². The van der Waals surface area contributed by atoms with E-state index >= 15 is 0 Å². The van der Waals surface area contributed by atoms with Crippen molar-refractivity contribution in [2.45, 2.75) is 33.7 Å². The smallest absolute Gasteiger partial charge is 0.330 e. The van der Waals surface area contributed by atoms with Crippen LogP contribution in [0.5, 0.6) is 5.75 Å². The van der Waals surface area contributed by atoms with E-state index in [0.717, 1.165) is 5.56 Å². The Labute approximate surface area is 220 Å². The van der Waals surface area contributed by atoms with E-state index in [4.69, 9.17) is 10.5 Å². The van der Waals surface area contributed by atoms with E-state index in [1.54, 1.807) is 17.0 Å². The Balaban J connectivity index is 1.69. The molecule has 2 heterocycles. The molecule has 1 aromatic heterocycles. The highest BCUT2D eigenvalue weighted by atomic mass is 16.5. The molecule has 1 atom stereocenters. The van der Waals surface area contributed by atoms with Gasteiger partial charge in [-0.3, -0.25) is 23.9 Å². The van der Waals surface area contributed by atoms with Crippen molar-refractivity contribution in [3.8, 4) is 5.75 Å². The minimum atomic E-state index is -0.742. The molecule has 0 unspecified atom stereocenters. The Bertz CT molecular complexity index is 1430. The van der Waals surface area contributed by atoms with Crippen LogP contribution in [0.25, 0.3) is 0 Å². The second-order valence-electron chi connectivity index (χ2n) is 9.71. The Morgan fingerprint density at radius 1 is 1.11 bits per heavy atom. The first-order chi connectivity index (χ1) is 18.2. The van der Waals surface area contributed by atoms with Crippen molar-refractivity contribution >= 4 is 29.0 Å². The molecule has 2 aromatic carbocycles. The first kappa shape index (κ1) is 26.7. The van der Waals surface area contributed by atoms with E-state index in [9.17, 15) is 19.2 Å². The largest absolute Gasteiger partial charge is 0.492 e. The van der Waals surface area contributed by atoms with Gasteiger partial charge in [-0.1, -0.05) is 56.3 Å². The number of hydrogen-bond donors (Lipinski definition) is 2. The van der Waals surface area contributed by atoms with E-state index in [0.29, 0.717) is 18.0 Å². The van der Waals surface area contributed by atoms with E-state index < -0.39 is 23.1 Å². The van der Waals surface area contributed by atoms with Crippen LogP contribution in [-0.2, 0) is 16.1 Å². The summed E-state index contributed by atoms with van der Waals surface area (Å²) in [6.07, 6.45) is -0.0185. The molecule has 4 rings (SSSR count). The summed E-state index contributed by atoms with van der Waals surface area (Å²) in [5.41, 5.74) is 6.32. The molecule has 3 aromatic rings. The van der Waals surface area contributed by atoms with Gasteiger partial charge in [-0.25, -0.2) is 4.79 Å². The number of benzene rings is 2. The number of aromatic amines is 1. The molecule has 1 fully saturated rings. The van der Waals surface area contributed by atoms with Gasteiger partial charge >= 0.3 is 5.69 Å². The molecule has 200 valence electrons. The third-order valence-corrected chi connectivity index (χ3v) is 6.41. The van der Waals surface area contributed by atoms with Crippen LogP contribution in [0.15, 0.2) is 64.2 Å². The predicted octanol–water partition coefficient (Wildman–Crippen LogP) is 2.61. The van der Waals surface area contributed by atoms with Gasteiger partial charge in [0.05, 0.1) is 24.8 Å². The van der Waals surface area contributed by atoms with E-state index in [1.165, 1.54) is 9.47 Å². The lowest BCUT2D eigenvalue weighted by atomic mass is 10.1. The summed E-state index contributed by atoms with van der Waals surface area (Å²) in [7, 11) is 0. The number of nitrogens with two attached hydrogens (primary N) is 1. The maximum absolute atomic E-state index is 13.9. The fourth-order valence-electron chi connectivity index (χ4n) is 4.70. The van der Waals surface area contributed by atoms with Crippen molar-refractivity contribution in [2.75, 3.05) is 35.2 Å². The molecular weight excluding hydrogens is 486 g/mol. The molecular formula is C28H33N5O5. The quantitative estimate of drug-likeness (QED) is 0.447. The average molecular weight is 520 g/mol. The van der Waals surface area contributed by atoms with Crippen molar-refractivity contribution in [3.05, 3.63) is 81.0 Å². The summed E-state index contributed by atoms with van der Waals surface area (Å²) in [5, 5.41) is 0. The number of carbonyl (C=O) groups excluding carboxylic acids is 2. The molecule has 0 saturated carbocycles. The molecule has 0 bridgehead atoms. The molecule has 0 spiro atoms. The lowest BCUT2D eigenvalue weighted by Gasteiger charge is -2.28. The molecule has 38 heavy (non-hydrogen) atoms. The van der Waals surface area contributed by atoms with Gasteiger partial charge in [0, 0.05) is 19.5 Å². The molecule has 10 heteroatoms. The Morgan fingerprint density at radius 3 is 2.47 bits per heavy atom. The molecule has 0 radical (unpaired) electrons. The number of hydrogen-bond acceptors (Lipinski definition) is 6. The zero-order valence-electron chi connectivity index (χ0n) is 21.8. The van der Waals surface area contributed by atoms with Gasteiger partial charge in [0.2, 0.25) is 11.8 Å². The summed E-state index contributed by atoms with van der Waals surface area (Å²) < 4.78 is 6.93. The summed E-state index contributed by atoms with van der Waals surface area (Å²) >= 11 is 0. The van der Waals surface area contributed by atoms with Crippen LogP contribution in [0.4, 0.5) is 17.2 Å². The topological polar surface area (TPSA) is 131 Å². The highest BCUT2D eigenvalue weighted by Crippen LogP contribution is 2.34. The number of nitrogens with one attached hydrogen (secondary N) is 1. The van der Waals surface area contributed by atoms with Crippen LogP contribution in [0, 0.1) is 11.8 Å². The number of H-pyrrole nitrogens is 1. The molecule has 0 aliphatic carbocycles. The van der Waals surface area contributed by atoms with E-state index in [1.807, 2.05) is 63.2 Å². The number of ether oxygens (including phenoxy) is 1. The lowest BCUT2D eigenvalue weighted by Crippen LogP contribution is -2.45. The molecule has 1 saturated heterocycles. The minimum Gasteiger partial charge on any atom is -0.492 e. The summed E-state index contributed by atoms with van der Waals surface area (Å²) in [6, 6.07) is 16.4. The maximum atomic E-state index is 13.9. The van der Waals surface area contributed by atoms with Crippen LogP contribution < -0.4 is 31.5 Å². The number of anilines is 3. The third-order valence-electron chi connectivity index (χ3n) is 6.41. The Hall–Kier alpha value is -4.34. The lowest BCUT2D eigenvalue weighted by molar-refractivity contribution is -0.124. The van der Waals surface area contributed by atoms with Crippen LogP contribution in [-0.4, -0.2) is 41.1 Å². The van der Waals surface area contributed by atoms with Gasteiger partial charge in [-0.2, -0.15) is 0 Å². The zero-order valence-corrected chi connectivity index (χ0v) is 21.8. The minimum absolute atomic E-state index is 0.0147. The van der Waals surface area contributed by atoms with Gasteiger partial charge in [0.15, 0.2) is 5.69 Å². The van der Waals surface area contributed by atoms with Crippen molar-refractivity contribution in [3.63, 3.8) is 0 Å². The molecule has 1 aliphatic rings. The number of nitrogen functional groups attached to an aromatic ring is 1. The standard InChI is InChI=1S/C28H33N5O5/c1-4-38-22-13-9-8-12-21(22)31-17-20(14-23(31)34)27(36)32(15-18(2)3)24-25(29)33(28(37)30-26(24)35)16-19-10-6-5-7-11-19/h5-13,18,20H,4,14-17,29H2,1-3H3,(H,30,35,37)/t20-/m1/s1. The second kappa shape index (κ2) is 11.4. The third kappa shape index (κ3) is 5.49. The number of aromatic nitrogens is 2. The summed E-state index contributed by atoms with van der Waals surface area (Å²) in [5.74, 6) is -0.867. The Kier molecular flexibility index (Phi) is 7.99. The fraction of sp³-hybridized carbons (Fsp3) is 0.357. The van der Waals surface area contributed by atoms with Crippen LogP contribution in [0.3, 0.4) is 0 Å². The Morgan fingerprint density at radius 2 is 1.79 bits per heavy atom. The molecule has 3 N–H and O–H groups in total. The highest BCUT2D eigenvalue weighted by Gasteiger charge is 2.40. The number of rotatable bonds is 9. The first-order valence-electron chi connectivity index (χ1n) is 12.7. The van der Waals surface area contributed by atoms with Gasteiger partial charge in [0.1, 0.15) is 11.6 Å². The maximum Gasteiger partial charge on any atom is 0.330 e. The van der Waals surface area contributed by atoms with Gasteiger partial charge in [-0.15, -0.1) is 0 Å². The van der Waals surface area contributed by atoms with Gasteiger partial charge in [0.25, 0.3) is 5.56 Å². The second-order valence-corrected chi connectivity index (χ2v) is 9.71. The van der Waals surface area contributed by atoms with Gasteiger partial charge in [-0.05, 0) is 30.5 Å². The SMILES string of the molecule is CCOc1ccccc1N1C[C@H](C(=O)N(CC(C)C)c2c(N)n(Cc3ccccc3)c(=O)[nH]c2=O)CC1=O. The highest BCUT2D eigenvalue weighted by molar-refractivity contribution is 6.05. The van der Waals surface area contributed by atoms with Crippen molar-refractivity contribution < 1.29 is 14.3 Å².